The predicted octanol–water partition coefficient (Wildman–Crippen LogP) is 2.65. The van der Waals surface area contributed by atoms with Gasteiger partial charge in [-0.05, 0) is 5.56 Å². The highest BCUT2D eigenvalue weighted by molar-refractivity contribution is 6.01. The Kier molecular flexibility index (Phi) is 3.68. The maximum Gasteiger partial charge on any atom is 0.172 e. The van der Waals surface area contributed by atoms with Crippen molar-refractivity contribution >= 4 is 5.78 Å². The van der Waals surface area contributed by atoms with Crippen molar-refractivity contribution in [2.45, 2.75) is 5.92 Å². The highest BCUT2D eigenvalue weighted by Crippen LogP contribution is 2.20. The van der Waals surface area contributed by atoms with Crippen molar-refractivity contribution in [2.75, 3.05) is 6.61 Å². The number of hydrogen-bond acceptors (Lipinski definition) is 2. The minimum atomic E-state index is -0.474. The molecule has 0 aromatic heterocycles. The Morgan fingerprint density at radius 2 is 1.47 bits per heavy atom. The zero-order chi connectivity index (χ0) is 12.1. The molecule has 0 aliphatic rings. The van der Waals surface area contributed by atoms with Gasteiger partial charge in [0.1, 0.15) is 0 Å². The van der Waals surface area contributed by atoms with Crippen molar-refractivity contribution in [1.29, 1.82) is 0 Å². The Labute approximate surface area is 101 Å². The van der Waals surface area contributed by atoms with Gasteiger partial charge in [0.15, 0.2) is 5.78 Å². The van der Waals surface area contributed by atoms with E-state index in [0.717, 1.165) is 5.56 Å². The number of benzene rings is 2. The van der Waals surface area contributed by atoms with E-state index in [1.807, 2.05) is 48.5 Å². The SMILES string of the molecule is O=C(c1ccccc1)[C@H](CO)c1ccccc1. The minimum Gasteiger partial charge on any atom is -0.395 e. The fourth-order valence-corrected chi connectivity index (χ4v) is 1.83. The Balaban J connectivity index is 2.29. The molecule has 0 fully saturated rings. The third-order valence-corrected chi connectivity index (χ3v) is 2.76. The second-order valence-corrected chi connectivity index (χ2v) is 3.88. The van der Waals surface area contributed by atoms with Crippen LogP contribution in [0, 0.1) is 0 Å². The van der Waals surface area contributed by atoms with Gasteiger partial charge in [-0.15, -0.1) is 0 Å². The first-order valence-electron chi connectivity index (χ1n) is 5.58. The molecule has 86 valence electrons. The molecular weight excluding hydrogens is 212 g/mol. The van der Waals surface area contributed by atoms with Crippen molar-refractivity contribution in [3.8, 4) is 0 Å². The highest BCUT2D eigenvalue weighted by atomic mass is 16.3. The van der Waals surface area contributed by atoms with E-state index in [-0.39, 0.29) is 12.4 Å². The van der Waals surface area contributed by atoms with Gasteiger partial charge < -0.3 is 5.11 Å². The van der Waals surface area contributed by atoms with Gasteiger partial charge in [0, 0.05) is 5.56 Å². The molecule has 0 unspecified atom stereocenters. The Morgan fingerprint density at radius 1 is 0.941 bits per heavy atom. The fraction of sp³-hybridized carbons (Fsp3) is 0.133. The number of carbonyl (C=O) groups excluding carboxylic acids is 1. The Hall–Kier alpha value is -1.93. The first-order chi connectivity index (χ1) is 8.33. The van der Waals surface area contributed by atoms with Gasteiger partial charge in [0.25, 0.3) is 0 Å². The van der Waals surface area contributed by atoms with Gasteiger partial charge in [-0.2, -0.15) is 0 Å². The number of ketones is 1. The van der Waals surface area contributed by atoms with Crippen molar-refractivity contribution < 1.29 is 9.90 Å². The molecule has 2 aromatic carbocycles. The van der Waals surface area contributed by atoms with Crippen LogP contribution in [0.25, 0.3) is 0 Å². The molecule has 0 radical (unpaired) electrons. The van der Waals surface area contributed by atoms with Gasteiger partial charge >= 0.3 is 0 Å². The molecular formula is C15H14O2. The summed E-state index contributed by atoms with van der Waals surface area (Å²) in [4.78, 5) is 12.2. The van der Waals surface area contributed by atoms with Crippen LogP contribution < -0.4 is 0 Å². The molecule has 0 aliphatic carbocycles. The number of rotatable bonds is 4. The molecule has 1 N–H and O–H groups in total. The smallest absolute Gasteiger partial charge is 0.172 e. The van der Waals surface area contributed by atoms with Crippen LogP contribution in [-0.2, 0) is 0 Å². The summed E-state index contributed by atoms with van der Waals surface area (Å²) in [5.74, 6) is -0.516. The maximum atomic E-state index is 12.2. The van der Waals surface area contributed by atoms with Crippen LogP contribution >= 0.6 is 0 Å². The van der Waals surface area contributed by atoms with Crippen molar-refractivity contribution in [1.82, 2.24) is 0 Å². The molecule has 1 atom stereocenters. The summed E-state index contributed by atoms with van der Waals surface area (Å²) in [6.07, 6.45) is 0. The van der Waals surface area contributed by atoms with Crippen LogP contribution in [0.3, 0.4) is 0 Å². The molecule has 0 heterocycles. The van der Waals surface area contributed by atoms with Gasteiger partial charge in [0.05, 0.1) is 12.5 Å². The number of Topliss-reactive ketones (excluding diaryl/α,β-unsaturated/α-hetero) is 1. The molecule has 0 saturated carbocycles. The maximum absolute atomic E-state index is 12.2. The largest absolute Gasteiger partial charge is 0.395 e. The van der Waals surface area contributed by atoms with Crippen LogP contribution in [-0.4, -0.2) is 17.5 Å². The molecule has 0 bridgehead atoms. The summed E-state index contributed by atoms with van der Waals surface area (Å²) < 4.78 is 0. The zero-order valence-corrected chi connectivity index (χ0v) is 9.41. The summed E-state index contributed by atoms with van der Waals surface area (Å²) in [6.45, 7) is -0.169. The van der Waals surface area contributed by atoms with E-state index in [1.54, 1.807) is 12.1 Å². The summed E-state index contributed by atoms with van der Waals surface area (Å²) >= 11 is 0. The van der Waals surface area contributed by atoms with E-state index >= 15 is 0 Å². The minimum absolute atomic E-state index is 0.0423. The van der Waals surface area contributed by atoms with Gasteiger partial charge in [-0.1, -0.05) is 60.7 Å². The predicted molar refractivity (Wildman–Crippen MR) is 67.0 cm³/mol. The van der Waals surface area contributed by atoms with E-state index in [0.29, 0.717) is 5.56 Å². The van der Waals surface area contributed by atoms with Crippen LogP contribution in [0.5, 0.6) is 0 Å². The van der Waals surface area contributed by atoms with Crippen molar-refractivity contribution in [3.63, 3.8) is 0 Å². The van der Waals surface area contributed by atoms with Gasteiger partial charge in [-0.3, -0.25) is 4.79 Å². The topological polar surface area (TPSA) is 37.3 Å². The zero-order valence-electron chi connectivity index (χ0n) is 9.41. The lowest BCUT2D eigenvalue weighted by molar-refractivity contribution is 0.0922. The monoisotopic (exact) mass is 226 g/mol. The van der Waals surface area contributed by atoms with E-state index in [2.05, 4.69) is 0 Å². The summed E-state index contributed by atoms with van der Waals surface area (Å²) in [5.41, 5.74) is 1.49. The van der Waals surface area contributed by atoms with E-state index in [9.17, 15) is 9.90 Å². The summed E-state index contributed by atoms with van der Waals surface area (Å²) in [7, 11) is 0. The molecule has 17 heavy (non-hydrogen) atoms. The fourth-order valence-electron chi connectivity index (χ4n) is 1.83. The van der Waals surface area contributed by atoms with Crippen LogP contribution in [0.15, 0.2) is 60.7 Å². The molecule has 2 aromatic rings. The average molecular weight is 226 g/mol. The molecule has 0 spiro atoms. The van der Waals surface area contributed by atoms with E-state index in [4.69, 9.17) is 0 Å². The lowest BCUT2D eigenvalue weighted by atomic mass is 9.91. The third kappa shape index (κ3) is 2.60. The lowest BCUT2D eigenvalue weighted by Gasteiger charge is -2.13. The van der Waals surface area contributed by atoms with Gasteiger partial charge in [0.2, 0.25) is 0 Å². The van der Waals surface area contributed by atoms with Crippen molar-refractivity contribution in [3.05, 3.63) is 71.8 Å². The third-order valence-electron chi connectivity index (χ3n) is 2.76. The number of aliphatic hydroxyl groups excluding tert-OH is 1. The first-order valence-corrected chi connectivity index (χ1v) is 5.58. The molecule has 0 aliphatic heterocycles. The molecule has 2 rings (SSSR count). The second kappa shape index (κ2) is 5.41. The number of hydrogen-bond donors (Lipinski definition) is 1. The van der Waals surface area contributed by atoms with Gasteiger partial charge in [-0.25, -0.2) is 0 Å². The Morgan fingerprint density at radius 3 is 2.00 bits per heavy atom. The molecule has 2 nitrogen and oxygen atoms in total. The standard InChI is InChI=1S/C15H14O2/c16-11-14(12-7-3-1-4-8-12)15(17)13-9-5-2-6-10-13/h1-10,14,16H,11H2/t14-/m1/s1. The first kappa shape index (κ1) is 11.6. The molecule has 2 heteroatoms. The van der Waals surface area contributed by atoms with Crippen molar-refractivity contribution in [2.24, 2.45) is 0 Å². The van der Waals surface area contributed by atoms with Crippen LogP contribution in [0.2, 0.25) is 0 Å². The quantitative estimate of drug-likeness (QED) is 0.814. The lowest BCUT2D eigenvalue weighted by Crippen LogP contribution is -2.16. The number of aliphatic hydroxyl groups is 1. The summed E-state index contributed by atoms with van der Waals surface area (Å²) in [6, 6.07) is 18.4. The molecule has 0 amide bonds. The normalized spacial score (nSPS) is 12.1. The van der Waals surface area contributed by atoms with E-state index in [1.165, 1.54) is 0 Å². The average Bonchev–Trinajstić information content (AvgIpc) is 2.42. The Bertz CT molecular complexity index is 477. The second-order valence-electron chi connectivity index (χ2n) is 3.88. The highest BCUT2D eigenvalue weighted by Gasteiger charge is 2.20. The summed E-state index contributed by atoms with van der Waals surface area (Å²) in [5, 5.41) is 9.39. The molecule has 0 saturated heterocycles. The van der Waals surface area contributed by atoms with E-state index < -0.39 is 5.92 Å². The van der Waals surface area contributed by atoms with Crippen LogP contribution in [0.4, 0.5) is 0 Å². The number of carbonyl (C=O) groups is 1. The van der Waals surface area contributed by atoms with Crippen LogP contribution in [0.1, 0.15) is 21.8 Å².